The molecular formula is C62H56N2O2. The third-order valence-electron chi connectivity index (χ3n) is 13.7. The molecule has 0 aliphatic rings. The average molecular weight is 861 g/mol. The maximum absolute atomic E-state index is 6.84. The quantitative estimate of drug-likeness (QED) is 0.137. The van der Waals surface area contributed by atoms with Gasteiger partial charge in [0.25, 0.3) is 0 Å². The second kappa shape index (κ2) is 16.3. The lowest BCUT2D eigenvalue weighted by molar-refractivity contribution is 0.634. The Hall–Kier alpha value is -7.30. The predicted molar refractivity (Wildman–Crippen MR) is 282 cm³/mol. The van der Waals surface area contributed by atoms with E-state index in [4.69, 9.17) is 8.83 Å². The molecule has 11 rings (SSSR count). The van der Waals surface area contributed by atoms with Crippen LogP contribution in [0, 0.1) is 0 Å². The molecule has 0 radical (unpaired) electrons. The maximum atomic E-state index is 6.84. The molecule has 0 fully saturated rings. The molecule has 9 aromatic carbocycles. The normalized spacial score (nSPS) is 12.2. The zero-order chi connectivity index (χ0) is 45.4. The summed E-state index contributed by atoms with van der Waals surface area (Å²) in [6.45, 7) is 18.2. The lowest BCUT2D eigenvalue weighted by Gasteiger charge is -2.29. The van der Waals surface area contributed by atoms with Crippen LogP contribution in [0.25, 0.3) is 65.4 Å². The number of nitrogens with zero attached hydrogens (tertiary/aromatic N) is 2. The summed E-state index contributed by atoms with van der Waals surface area (Å²) in [5, 5.41) is 8.82. The van der Waals surface area contributed by atoms with E-state index >= 15 is 0 Å². The third-order valence-corrected chi connectivity index (χ3v) is 13.7. The molecule has 4 heteroatoms. The van der Waals surface area contributed by atoms with Crippen molar-refractivity contribution in [3.63, 3.8) is 0 Å². The Balaban J connectivity index is 1.02. The fourth-order valence-corrected chi connectivity index (χ4v) is 10.0. The molecule has 0 unspecified atom stereocenters. The van der Waals surface area contributed by atoms with Gasteiger partial charge in [0, 0.05) is 55.7 Å². The Kier molecular flexibility index (Phi) is 10.2. The van der Waals surface area contributed by atoms with E-state index in [1.807, 2.05) is 0 Å². The number of furan rings is 2. The lowest BCUT2D eigenvalue weighted by Crippen LogP contribution is -2.13. The third kappa shape index (κ3) is 7.07. The summed E-state index contributed by atoms with van der Waals surface area (Å²) in [6, 6.07) is 62.3. The summed E-state index contributed by atoms with van der Waals surface area (Å²) in [4.78, 5) is 4.80. The SMILES string of the molecule is CC(C)c1ccc(N(c2ccccc2)c2ccc3cc4c(cc3c2)oc2c4ccc3c4cc5ccc(N(c6ccccc6)c6ccc(C(C)C)cc6C(C)C)cc5cc4oc32)c(C(C)C)c1. The van der Waals surface area contributed by atoms with Crippen LogP contribution in [0.1, 0.15) is 101 Å². The second-order valence-electron chi connectivity index (χ2n) is 19.4. The monoisotopic (exact) mass is 860 g/mol. The van der Waals surface area contributed by atoms with Gasteiger partial charge in [-0.05, 0) is 165 Å². The lowest BCUT2D eigenvalue weighted by atomic mass is 9.93. The van der Waals surface area contributed by atoms with E-state index in [-0.39, 0.29) is 0 Å². The van der Waals surface area contributed by atoms with Crippen LogP contribution < -0.4 is 9.80 Å². The number of para-hydroxylation sites is 2. The Labute approximate surface area is 387 Å². The highest BCUT2D eigenvalue weighted by molar-refractivity contribution is 6.21. The van der Waals surface area contributed by atoms with Crippen LogP contribution in [0.3, 0.4) is 0 Å². The van der Waals surface area contributed by atoms with E-state index in [1.54, 1.807) is 0 Å². The minimum absolute atomic E-state index is 0.354. The van der Waals surface area contributed by atoms with Crippen LogP contribution in [0.4, 0.5) is 34.1 Å². The van der Waals surface area contributed by atoms with Crippen LogP contribution in [-0.2, 0) is 0 Å². The summed E-state index contributed by atoms with van der Waals surface area (Å²) in [5.74, 6) is 1.62. The summed E-state index contributed by atoms with van der Waals surface area (Å²) >= 11 is 0. The number of benzene rings is 9. The van der Waals surface area contributed by atoms with Gasteiger partial charge in [0.2, 0.25) is 0 Å². The van der Waals surface area contributed by atoms with Crippen molar-refractivity contribution >= 4 is 99.5 Å². The molecular weight excluding hydrogens is 805 g/mol. The zero-order valence-corrected chi connectivity index (χ0v) is 39.2. The van der Waals surface area contributed by atoms with E-state index in [0.717, 1.165) is 88.2 Å². The number of anilines is 6. The fourth-order valence-electron chi connectivity index (χ4n) is 10.0. The summed E-state index contributed by atoms with van der Waals surface area (Å²) in [7, 11) is 0. The molecule has 4 nitrogen and oxygen atoms in total. The molecule has 2 aromatic heterocycles. The number of rotatable bonds is 10. The van der Waals surface area contributed by atoms with Crippen LogP contribution in [0.5, 0.6) is 0 Å². The van der Waals surface area contributed by atoms with Crippen molar-refractivity contribution in [1.82, 2.24) is 0 Å². The first-order chi connectivity index (χ1) is 32.0. The van der Waals surface area contributed by atoms with E-state index < -0.39 is 0 Å². The number of hydrogen-bond donors (Lipinski definition) is 0. The van der Waals surface area contributed by atoms with Gasteiger partial charge in [-0.15, -0.1) is 0 Å². The first-order valence-corrected chi connectivity index (χ1v) is 23.7. The van der Waals surface area contributed by atoms with Crippen LogP contribution >= 0.6 is 0 Å². The van der Waals surface area contributed by atoms with Gasteiger partial charge in [0.1, 0.15) is 11.2 Å². The summed E-state index contributed by atoms with van der Waals surface area (Å²) in [5.41, 5.74) is 15.5. The van der Waals surface area contributed by atoms with Crippen molar-refractivity contribution in [1.29, 1.82) is 0 Å². The molecule has 0 N–H and O–H groups in total. The van der Waals surface area contributed by atoms with Crippen LogP contribution in [0.2, 0.25) is 0 Å². The average Bonchev–Trinajstić information content (AvgIpc) is 3.88. The van der Waals surface area contributed by atoms with E-state index in [2.05, 4.69) is 235 Å². The van der Waals surface area contributed by atoms with Gasteiger partial charge in [-0.25, -0.2) is 0 Å². The minimum atomic E-state index is 0.354. The van der Waals surface area contributed by atoms with Gasteiger partial charge in [0.15, 0.2) is 11.2 Å². The van der Waals surface area contributed by atoms with E-state index in [9.17, 15) is 0 Å². The smallest absolute Gasteiger partial charge is 0.178 e. The van der Waals surface area contributed by atoms with Crippen molar-refractivity contribution in [2.24, 2.45) is 0 Å². The van der Waals surface area contributed by atoms with Crippen LogP contribution in [0.15, 0.2) is 179 Å². The Morgan fingerprint density at radius 1 is 0.318 bits per heavy atom. The van der Waals surface area contributed by atoms with Gasteiger partial charge < -0.3 is 18.6 Å². The molecule has 0 saturated heterocycles. The molecule has 0 spiro atoms. The van der Waals surface area contributed by atoms with Gasteiger partial charge in [-0.3, -0.25) is 0 Å². The maximum Gasteiger partial charge on any atom is 0.178 e. The molecule has 2 heterocycles. The largest absolute Gasteiger partial charge is 0.452 e. The minimum Gasteiger partial charge on any atom is -0.452 e. The Morgan fingerprint density at radius 3 is 1.11 bits per heavy atom. The highest BCUT2D eigenvalue weighted by atomic mass is 16.4. The van der Waals surface area contributed by atoms with Crippen LogP contribution in [-0.4, -0.2) is 0 Å². The standard InChI is InChI=1S/C62H56N2O2/c1-37(2)41-21-27-57(53(31-41)39(5)6)63(47-15-11-9-12-16-47)49-23-19-43-33-55-51-25-26-52-56-34-44-20-24-50(30-46(44)36-60(56)66-62(52)61(51)65-59(55)35-45(43)29-49)64(48-17-13-10-14-18-48)58-28-22-42(38(3)4)32-54(58)40(7)8/h9-40H,1-8H3. The molecule has 326 valence electrons. The fraction of sp³-hybridized carbons (Fsp3) is 0.194. The molecule has 0 saturated carbocycles. The molecule has 0 atom stereocenters. The summed E-state index contributed by atoms with van der Waals surface area (Å²) in [6.07, 6.45) is 0. The highest BCUT2D eigenvalue weighted by Gasteiger charge is 2.23. The Bertz CT molecular complexity index is 3370. The van der Waals surface area contributed by atoms with Gasteiger partial charge in [0.05, 0.1) is 0 Å². The molecule has 66 heavy (non-hydrogen) atoms. The Morgan fingerprint density at radius 2 is 0.727 bits per heavy atom. The first-order valence-electron chi connectivity index (χ1n) is 23.7. The molecule has 0 aliphatic carbocycles. The molecule has 0 bridgehead atoms. The van der Waals surface area contributed by atoms with Crippen molar-refractivity contribution in [3.05, 3.63) is 192 Å². The number of hydrogen-bond acceptors (Lipinski definition) is 4. The molecule has 11 aromatic rings. The number of fused-ring (bicyclic) bond motifs is 9. The van der Waals surface area contributed by atoms with E-state index in [0.29, 0.717) is 23.7 Å². The second-order valence-corrected chi connectivity index (χ2v) is 19.4. The highest BCUT2D eigenvalue weighted by Crippen LogP contribution is 2.46. The summed E-state index contributed by atoms with van der Waals surface area (Å²) < 4.78 is 13.7. The van der Waals surface area contributed by atoms with Gasteiger partial charge in [-0.1, -0.05) is 128 Å². The topological polar surface area (TPSA) is 32.8 Å². The predicted octanol–water partition coefficient (Wildman–Crippen LogP) is 19.2. The molecule has 0 aliphatic heterocycles. The van der Waals surface area contributed by atoms with Crippen molar-refractivity contribution in [2.75, 3.05) is 9.80 Å². The first kappa shape index (κ1) is 41.4. The zero-order valence-electron chi connectivity index (χ0n) is 39.2. The molecule has 0 amide bonds. The van der Waals surface area contributed by atoms with Gasteiger partial charge in [-0.2, -0.15) is 0 Å². The van der Waals surface area contributed by atoms with Crippen molar-refractivity contribution < 1.29 is 8.83 Å². The van der Waals surface area contributed by atoms with Crippen molar-refractivity contribution in [3.8, 4) is 0 Å². The van der Waals surface area contributed by atoms with Crippen molar-refractivity contribution in [2.45, 2.75) is 79.1 Å². The van der Waals surface area contributed by atoms with Gasteiger partial charge >= 0.3 is 0 Å². The van der Waals surface area contributed by atoms with E-state index in [1.165, 1.54) is 33.6 Å².